The zero-order valence-electron chi connectivity index (χ0n) is 8.97. The van der Waals surface area contributed by atoms with Gasteiger partial charge in [0.2, 0.25) is 0 Å². The van der Waals surface area contributed by atoms with Crippen molar-refractivity contribution in [2.24, 2.45) is 7.05 Å². The Morgan fingerprint density at radius 2 is 2.06 bits per heavy atom. The Labute approximate surface area is 102 Å². The van der Waals surface area contributed by atoms with Crippen molar-refractivity contribution in [1.29, 1.82) is 0 Å². The highest BCUT2D eigenvalue weighted by atomic mass is 79.9. The number of benzene rings is 1. The Morgan fingerprint density at radius 1 is 1.31 bits per heavy atom. The lowest BCUT2D eigenvalue weighted by molar-refractivity contribution is 0.0343. The molecule has 2 N–H and O–H groups in total. The third-order valence-electron chi connectivity index (χ3n) is 2.77. The molecule has 0 bridgehead atoms. The van der Waals surface area contributed by atoms with Crippen LogP contribution in [0.5, 0.6) is 0 Å². The molecule has 2 rings (SSSR count). The first kappa shape index (κ1) is 11.6. The molecule has 3 nitrogen and oxygen atoms in total. The predicted octanol–water partition coefficient (Wildman–Crippen LogP) is 1.97. The number of nitrogens with zero attached hydrogens (tertiary/aromatic N) is 1. The summed E-state index contributed by atoms with van der Waals surface area (Å²) in [5.74, 6) is 0. The van der Waals surface area contributed by atoms with E-state index < -0.39 is 12.2 Å². The first-order chi connectivity index (χ1) is 7.63. The third kappa shape index (κ3) is 2.00. The minimum Gasteiger partial charge on any atom is -0.389 e. The molecule has 0 radical (unpaired) electrons. The summed E-state index contributed by atoms with van der Waals surface area (Å²) in [7, 11) is 1.98. The number of rotatable bonds is 3. The smallest absolute Gasteiger partial charge is 0.106 e. The van der Waals surface area contributed by atoms with Crippen molar-refractivity contribution >= 4 is 26.8 Å². The van der Waals surface area contributed by atoms with Gasteiger partial charge in [-0.2, -0.15) is 0 Å². The normalized spacial score (nSPS) is 15.2. The van der Waals surface area contributed by atoms with E-state index in [1.165, 1.54) is 0 Å². The van der Waals surface area contributed by atoms with Crippen molar-refractivity contribution in [2.75, 3.05) is 5.33 Å². The molecule has 0 spiro atoms. The standard InChI is InChI=1S/C12H14BrNO2/c1-14-5-4-8-6-9(2-3-10(8)14)12(16)11(15)7-13/h2-6,11-12,15-16H,7H2,1H3. The minimum atomic E-state index is -0.844. The first-order valence-electron chi connectivity index (χ1n) is 5.10. The molecule has 0 aliphatic rings. The van der Waals surface area contributed by atoms with E-state index in [9.17, 15) is 10.2 Å². The van der Waals surface area contributed by atoms with Gasteiger partial charge in [-0.05, 0) is 29.1 Å². The van der Waals surface area contributed by atoms with Crippen LogP contribution < -0.4 is 0 Å². The summed E-state index contributed by atoms with van der Waals surface area (Å²) in [6.07, 6.45) is 0.354. The van der Waals surface area contributed by atoms with Gasteiger partial charge in [0, 0.05) is 24.1 Å². The van der Waals surface area contributed by atoms with Crippen molar-refractivity contribution in [1.82, 2.24) is 4.57 Å². The quantitative estimate of drug-likeness (QED) is 0.846. The molecule has 2 aromatic rings. The summed E-state index contributed by atoms with van der Waals surface area (Å²) in [5, 5.41) is 20.9. The molecule has 2 unspecified atom stereocenters. The van der Waals surface area contributed by atoms with Crippen LogP contribution in [-0.2, 0) is 7.05 Å². The van der Waals surface area contributed by atoms with E-state index in [1.54, 1.807) is 0 Å². The SMILES string of the molecule is Cn1ccc2cc(C(O)C(O)CBr)ccc21. The number of hydrogen-bond donors (Lipinski definition) is 2. The second kappa shape index (κ2) is 4.57. The molecule has 0 aliphatic carbocycles. The van der Waals surface area contributed by atoms with E-state index in [0.717, 1.165) is 16.5 Å². The predicted molar refractivity (Wildman–Crippen MR) is 67.7 cm³/mol. The van der Waals surface area contributed by atoms with Crippen LogP contribution in [0.3, 0.4) is 0 Å². The van der Waals surface area contributed by atoms with Crippen molar-refractivity contribution in [3.63, 3.8) is 0 Å². The van der Waals surface area contributed by atoms with Crippen LogP contribution in [0, 0.1) is 0 Å². The number of halogens is 1. The number of fused-ring (bicyclic) bond motifs is 1. The van der Waals surface area contributed by atoms with Crippen molar-refractivity contribution in [3.05, 3.63) is 36.0 Å². The summed E-state index contributed by atoms with van der Waals surface area (Å²) in [6.45, 7) is 0. The summed E-state index contributed by atoms with van der Waals surface area (Å²) < 4.78 is 2.02. The van der Waals surface area contributed by atoms with Crippen LogP contribution in [0.15, 0.2) is 30.5 Å². The van der Waals surface area contributed by atoms with E-state index in [4.69, 9.17) is 0 Å². The second-order valence-electron chi connectivity index (χ2n) is 3.91. The highest BCUT2D eigenvalue weighted by Gasteiger charge is 2.17. The van der Waals surface area contributed by atoms with Crippen molar-refractivity contribution in [2.45, 2.75) is 12.2 Å². The number of hydrogen-bond acceptors (Lipinski definition) is 2. The van der Waals surface area contributed by atoms with Gasteiger partial charge in [0.05, 0.1) is 6.10 Å². The average Bonchev–Trinajstić information content (AvgIpc) is 2.68. The van der Waals surface area contributed by atoms with Gasteiger partial charge in [0.25, 0.3) is 0 Å². The maximum Gasteiger partial charge on any atom is 0.106 e. The number of aryl methyl sites for hydroxylation is 1. The van der Waals surface area contributed by atoms with Gasteiger partial charge < -0.3 is 14.8 Å². The molecule has 86 valence electrons. The molecule has 0 fully saturated rings. The Bertz CT molecular complexity index is 495. The molecule has 0 aliphatic heterocycles. The Balaban J connectivity index is 2.39. The van der Waals surface area contributed by atoms with E-state index in [1.807, 2.05) is 42.1 Å². The molecule has 1 heterocycles. The van der Waals surface area contributed by atoms with Gasteiger partial charge in [-0.1, -0.05) is 22.0 Å². The molecule has 0 amide bonds. The number of aromatic nitrogens is 1. The van der Waals surface area contributed by atoms with Gasteiger partial charge in [-0.15, -0.1) is 0 Å². The zero-order chi connectivity index (χ0) is 11.7. The van der Waals surface area contributed by atoms with Gasteiger partial charge in [-0.3, -0.25) is 0 Å². The molecular formula is C12H14BrNO2. The van der Waals surface area contributed by atoms with E-state index in [-0.39, 0.29) is 0 Å². The molecule has 16 heavy (non-hydrogen) atoms. The van der Waals surface area contributed by atoms with E-state index in [2.05, 4.69) is 15.9 Å². The van der Waals surface area contributed by atoms with E-state index >= 15 is 0 Å². The van der Waals surface area contributed by atoms with Crippen molar-refractivity contribution in [3.8, 4) is 0 Å². The highest BCUT2D eigenvalue weighted by molar-refractivity contribution is 9.09. The Hall–Kier alpha value is -0.840. The van der Waals surface area contributed by atoms with Gasteiger partial charge in [0.15, 0.2) is 0 Å². The number of alkyl halides is 1. The fourth-order valence-corrected chi connectivity index (χ4v) is 2.14. The van der Waals surface area contributed by atoms with Crippen LogP contribution in [0.1, 0.15) is 11.7 Å². The summed E-state index contributed by atoms with van der Waals surface area (Å²) in [4.78, 5) is 0. The molecule has 0 saturated heterocycles. The lowest BCUT2D eigenvalue weighted by Gasteiger charge is -2.15. The molecule has 2 atom stereocenters. The van der Waals surface area contributed by atoms with Gasteiger partial charge >= 0.3 is 0 Å². The zero-order valence-corrected chi connectivity index (χ0v) is 10.6. The van der Waals surface area contributed by atoms with E-state index in [0.29, 0.717) is 5.33 Å². The molecule has 0 saturated carbocycles. The maximum absolute atomic E-state index is 9.87. The largest absolute Gasteiger partial charge is 0.389 e. The lowest BCUT2D eigenvalue weighted by Crippen LogP contribution is -2.19. The Morgan fingerprint density at radius 3 is 2.75 bits per heavy atom. The first-order valence-corrected chi connectivity index (χ1v) is 6.22. The van der Waals surface area contributed by atoms with Crippen LogP contribution in [-0.4, -0.2) is 26.2 Å². The lowest BCUT2D eigenvalue weighted by atomic mass is 10.0. The highest BCUT2D eigenvalue weighted by Crippen LogP contribution is 2.23. The maximum atomic E-state index is 9.87. The van der Waals surface area contributed by atoms with Crippen LogP contribution in [0.25, 0.3) is 10.9 Å². The Kier molecular flexibility index (Phi) is 3.33. The number of aliphatic hydroxyl groups excluding tert-OH is 2. The second-order valence-corrected chi connectivity index (χ2v) is 4.56. The summed E-state index contributed by atoms with van der Waals surface area (Å²) in [5.41, 5.74) is 1.86. The van der Waals surface area contributed by atoms with Gasteiger partial charge in [-0.25, -0.2) is 0 Å². The summed E-state index contributed by atoms with van der Waals surface area (Å²) in [6, 6.07) is 7.70. The van der Waals surface area contributed by atoms with Crippen LogP contribution in [0.4, 0.5) is 0 Å². The van der Waals surface area contributed by atoms with Crippen molar-refractivity contribution < 1.29 is 10.2 Å². The topological polar surface area (TPSA) is 45.4 Å². The average molecular weight is 284 g/mol. The van der Waals surface area contributed by atoms with Gasteiger partial charge in [0.1, 0.15) is 6.10 Å². The monoisotopic (exact) mass is 283 g/mol. The summed E-state index contributed by atoms with van der Waals surface area (Å²) >= 11 is 3.15. The molecule has 1 aromatic carbocycles. The molecule has 1 aromatic heterocycles. The third-order valence-corrected chi connectivity index (χ3v) is 3.44. The van der Waals surface area contributed by atoms with Crippen LogP contribution in [0.2, 0.25) is 0 Å². The minimum absolute atomic E-state index is 0.362. The molecule has 4 heteroatoms. The fraction of sp³-hybridized carbons (Fsp3) is 0.333. The molecular weight excluding hydrogens is 270 g/mol. The fourth-order valence-electron chi connectivity index (χ4n) is 1.79. The number of aliphatic hydroxyl groups is 2. The van der Waals surface area contributed by atoms with Crippen LogP contribution >= 0.6 is 15.9 Å².